The summed E-state index contributed by atoms with van der Waals surface area (Å²) >= 11 is 5.77. The van der Waals surface area contributed by atoms with Crippen molar-refractivity contribution in [3.05, 3.63) is 29.3 Å². The Morgan fingerprint density at radius 1 is 1.26 bits per heavy atom. The second-order valence-corrected chi connectivity index (χ2v) is 6.13. The second kappa shape index (κ2) is 8.74. The lowest BCUT2D eigenvalue weighted by Gasteiger charge is -2.27. The third-order valence-electron chi connectivity index (χ3n) is 3.68. The van der Waals surface area contributed by atoms with Gasteiger partial charge in [0.15, 0.2) is 0 Å². The van der Waals surface area contributed by atoms with Crippen LogP contribution in [-0.2, 0) is 9.53 Å². The van der Waals surface area contributed by atoms with E-state index in [9.17, 15) is 9.59 Å². The fourth-order valence-corrected chi connectivity index (χ4v) is 2.60. The van der Waals surface area contributed by atoms with Crippen molar-refractivity contribution in [1.29, 1.82) is 0 Å². The summed E-state index contributed by atoms with van der Waals surface area (Å²) in [7, 11) is 0. The maximum Gasteiger partial charge on any atom is 0.315 e. The van der Waals surface area contributed by atoms with Gasteiger partial charge in [-0.05, 0) is 49.9 Å². The largest absolute Gasteiger partial charge is 0.378 e. The molecule has 1 saturated heterocycles. The molecule has 3 amide bonds. The fraction of sp³-hybridized carbons (Fsp3) is 0.500. The standard InChI is InChI=1S/C16H22ClN3O3/c1-11-8-12(6-7-23-11)9-18-16(22)19-10-15(21)20-14-4-2-13(17)3-5-14/h2-5,11-12H,6-10H2,1H3,(H,20,21)(H2,18,19,22). The monoisotopic (exact) mass is 339 g/mol. The number of nitrogens with one attached hydrogen (secondary N) is 3. The third-order valence-corrected chi connectivity index (χ3v) is 3.93. The Morgan fingerprint density at radius 3 is 2.70 bits per heavy atom. The molecule has 0 aliphatic carbocycles. The van der Waals surface area contributed by atoms with E-state index < -0.39 is 0 Å². The highest BCUT2D eigenvalue weighted by molar-refractivity contribution is 6.30. The van der Waals surface area contributed by atoms with Crippen molar-refractivity contribution < 1.29 is 14.3 Å². The van der Waals surface area contributed by atoms with Gasteiger partial charge in [-0.1, -0.05) is 11.6 Å². The van der Waals surface area contributed by atoms with E-state index in [0.717, 1.165) is 19.4 Å². The van der Waals surface area contributed by atoms with E-state index >= 15 is 0 Å². The molecule has 0 aromatic heterocycles. The number of benzene rings is 1. The average molecular weight is 340 g/mol. The number of hydrogen-bond donors (Lipinski definition) is 3. The number of rotatable bonds is 5. The molecule has 126 valence electrons. The molecule has 2 rings (SSSR count). The summed E-state index contributed by atoms with van der Waals surface area (Å²) in [6, 6.07) is 6.44. The predicted octanol–water partition coefficient (Wildman–Crippen LogP) is 2.39. The Morgan fingerprint density at radius 2 is 2.00 bits per heavy atom. The van der Waals surface area contributed by atoms with Crippen LogP contribution in [0.1, 0.15) is 19.8 Å². The number of carbonyl (C=O) groups excluding carboxylic acids is 2. The molecular formula is C16H22ClN3O3. The van der Waals surface area contributed by atoms with Crippen molar-refractivity contribution in [3.8, 4) is 0 Å². The van der Waals surface area contributed by atoms with Gasteiger partial charge in [-0.15, -0.1) is 0 Å². The first-order chi connectivity index (χ1) is 11.0. The topological polar surface area (TPSA) is 79.5 Å². The molecular weight excluding hydrogens is 318 g/mol. The molecule has 3 N–H and O–H groups in total. The molecule has 0 radical (unpaired) electrons. The first kappa shape index (κ1) is 17.6. The van der Waals surface area contributed by atoms with E-state index in [2.05, 4.69) is 16.0 Å². The van der Waals surface area contributed by atoms with Crippen LogP contribution in [0.5, 0.6) is 0 Å². The summed E-state index contributed by atoms with van der Waals surface area (Å²) in [4.78, 5) is 23.5. The maximum atomic E-state index is 11.7. The van der Waals surface area contributed by atoms with Crippen molar-refractivity contribution in [1.82, 2.24) is 10.6 Å². The smallest absolute Gasteiger partial charge is 0.315 e. The van der Waals surface area contributed by atoms with E-state index in [4.69, 9.17) is 16.3 Å². The van der Waals surface area contributed by atoms with Gasteiger partial charge in [-0.25, -0.2) is 4.79 Å². The molecule has 0 spiro atoms. The van der Waals surface area contributed by atoms with Crippen molar-refractivity contribution in [2.24, 2.45) is 5.92 Å². The van der Waals surface area contributed by atoms with Gasteiger partial charge >= 0.3 is 6.03 Å². The molecule has 0 bridgehead atoms. The van der Waals surface area contributed by atoms with Crippen LogP contribution in [0.3, 0.4) is 0 Å². The van der Waals surface area contributed by atoms with E-state index in [1.807, 2.05) is 6.92 Å². The number of carbonyl (C=O) groups is 2. The van der Waals surface area contributed by atoms with Gasteiger partial charge in [-0.3, -0.25) is 4.79 Å². The molecule has 1 heterocycles. The summed E-state index contributed by atoms with van der Waals surface area (Å²) in [6.07, 6.45) is 2.13. The Bertz CT molecular complexity index is 536. The van der Waals surface area contributed by atoms with E-state index in [1.165, 1.54) is 0 Å². The molecule has 2 unspecified atom stereocenters. The molecule has 23 heavy (non-hydrogen) atoms. The summed E-state index contributed by atoms with van der Waals surface area (Å²) in [5.41, 5.74) is 0.637. The quantitative estimate of drug-likeness (QED) is 0.770. The zero-order chi connectivity index (χ0) is 16.7. The van der Waals surface area contributed by atoms with Gasteiger partial charge in [0.05, 0.1) is 12.6 Å². The average Bonchev–Trinajstić information content (AvgIpc) is 2.53. The lowest BCUT2D eigenvalue weighted by Crippen LogP contribution is -2.42. The van der Waals surface area contributed by atoms with Crippen molar-refractivity contribution in [2.75, 3.05) is 25.0 Å². The molecule has 1 aromatic carbocycles. The van der Waals surface area contributed by atoms with Gasteiger partial charge in [0, 0.05) is 23.9 Å². The Balaban J connectivity index is 1.63. The lowest BCUT2D eigenvalue weighted by molar-refractivity contribution is -0.115. The third kappa shape index (κ3) is 6.46. The molecule has 1 aliphatic heterocycles. The SMILES string of the molecule is CC1CC(CNC(=O)NCC(=O)Nc2ccc(Cl)cc2)CCO1. The van der Waals surface area contributed by atoms with Gasteiger partial charge in [0.2, 0.25) is 5.91 Å². The van der Waals surface area contributed by atoms with Gasteiger partial charge in [0.25, 0.3) is 0 Å². The maximum absolute atomic E-state index is 11.7. The van der Waals surface area contributed by atoms with Crippen LogP contribution in [-0.4, -0.2) is 37.7 Å². The van der Waals surface area contributed by atoms with Crippen molar-refractivity contribution in [2.45, 2.75) is 25.9 Å². The highest BCUT2D eigenvalue weighted by atomic mass is 35.5. The van der Waals surface area contributed by atoms with E-state index in [-0.39, 0.29) is 24.6 Å². The summed E-state index contributed by atoms with van der Waals surface area (Å²) in [5.74, 6) is 0.134. The predicted molar refractivity (Wildman–Crippen MR) is 89.6 cm³/mol. The molecule has 2 atom stereocenters. The lowest BCUT2D eigenvalue weighted by atomic mass is 9.96. The summed E-state index contributed by atoms with van der Waals surface area (Å²) < 4.78 is 5.47. The minimum atomic E-state index is -0.338. The molecule has 0 saturated carbocycles. The fourth-order valence-electron chi connectivity index (χ4n) is 2.48. The number of hydrogen-bond acceptors (Lipinski definition) is 3. The number of anilines is 1. The van der Waals surface area contributed by atoms with Gasteiger partial charge in [-0.2, -0.15) is 0 Å². The minimum Gasteiger partial charge on any atom is -0.378 e. The number of halogens is 1. The van der Waals surface area contributed by atoms with Crippen LogP contribution < -0.4 is 16.0 Å². The molecule has 6 nitrogen and oxygen atoms in total. The van der Waals surface area contributed by atoms with Crippen LogP contribution in [0.25, 0.3) is 0 Å². The highest BCUT2D eigenvalue weighted by Crippen LogP contribution is 2.18. The zero-order valence-electron chi connectivity index (χ0n) is 13.1. The summed E-state index contributed by atoms with van der Waals surface area (Å²) in [5, 5.41) is 8.62. The molecule has 1 aromatic rings. The Labute approximate surface area is 140 Å². The minimum absolute atomic E-state index is 0.0847. The van der Waals surface area contributed by atoms with Crippen LogP contribution in [0.2, 0.25) is 5.02 Å². The van der Waals surface area contributed by atoms with Crippen LogP contribution in [0.4, 0.5) is 10.5 Å². The van der Waals surface area contributed by atoms with Gasteiger partial charge < -0.3 is 20.7 Å². The van der Waals surface area contributed by atoms with Crippen LogP contribution in [0, 0.1) is 5.92 Å². The van der Waals surface area contributed by atoms with Crippen LogP contribution in [0.15, 0.2) is 24.3 Å². The van der Waals surface area contributed by atoms with E-state index in [0.29, 0.717) is 23.2 Å². The first-order valence-electron chi connectivity index (χ1n) is 7.71. The number of urea groups is 1. The van der Waals surface area contributed by atoms with Gasteiger partial charge in [0.1, 0.15) is 0 Å². The first-order valence-corrected chi connectivity index (χ1v) is 8.09. The summed E-state index contributed by atoms with van der Waals surface area (Å²) in [6.45, 7) is 3.28. The van der Waals surface area contributed by atoms with Crippen molar-refractivity contribution in [3.63, 3.8) is 0 Å². The molecule has 1 aliphatic rings. The molecule has 7 heteroatoms. The molecule has 1 fully saturated rings. The Hall–Kier alpha value is -1.79. The van der Waals surface area contributed by atoms with Crippen molar-refractivity contribution >= 4 is 29.2 Å². The number of amides is 3. The van der Waals surface area contributed by atoms with E-state index in [1.54, 1.807) is 24.3 Å². The normalized spacial score (nSPS) is 20.6. The number of ether oxygens (including phenoxy) is 1. The highest BCUT2D eigenvalue weighted by Gasteiger charge is 2.19. The second-order valence-electron chi connectivity index (χ2n) is 5.69. The zero-order valence-corrected chi connectivity index (χ0v) is 13.9. The Kier molecular flexibility index (Phi) is 6.67. The van der Waals surface area contributed by atoms with Crippen LogP contribution >= 0.6 is 11.6 Å².